The van der Waals surface area contributed by atoms with Crippen LogP contribution in [0.1, 0.15) is 6.42 Å². The van der Waals surface area contributed by atoms with Gasteiger partial charge in [-0.3, -0.25) is 9.79 Å². The predicted molar refractivity (Wildman–Crippen MR) is 42.7 cm³/mol. The second-order valence-electron chi connectivity index (χ2n) is 2.09. The lowest BCUT2D eigenvalue weighted by Gasteiger charge is -2.00. The molecular formula is C7H9N3O. The van der Waals surface area contributed by atoms with E-state index in [-0.39, 0.29) is 12.3 Å². The van der Waals surface area contributed by atoms with Crippen LogP contribution in [0.4, 0.5) is 0 Å². The summed E-state index contributed by atoms with van der Waals surface area (Å²) in [6, 6.07) is 0. The highest BCUT2D eigenvalue weighted by molar-refractivity contribution is 5.80. The fraction of sp³-hybridized carbons (Fsp3) is 0.143. The molecule has 4 heteroatoms. The van der Waals surface area contributed by atoms with Crippen LogP contribution in [0.25, 0.3) is 0 Å². The van der Waals surface area contributed by atoms with E-state index in [9.17, 15) is 4.79 Å². The van der Waals surface area contributed by atoms with E-state index >= 15 is 0 Å². The van der Waals surface area contributed by atoms with E-state index in [0.29, 0.717) is 0 Å². The Hall–Kier alpha value is -1.58. The molecule has 0 aliphatic carbocycles. The molecule has 1 heterocycles. The number of carbonyl (C=O) groups is 1. The smallest absolute Gasteiger partial charge is 0.223 e. The van der Waals surface area contributed by atoms with E-state index in [4.69, 9.17) is 5.73 Å². The Kier molecular flexibility index (Phi) is 2.43. The van der Waals surface area contributed by atoms with Gasteiger partial charge in [0.05, 0.1) is 6.42 Å². The van der Waals surface area contributed by atoms with Gasteiger partial charge < -0.3 is 11.1 Å². The van der Waals surface area contributed by atoms with Crippen molar-refractivity contribution in [1.29, 1.82) is 0 Å². The molecule has 0 atom stereocenters. The van der Waals surface area contributed by atoms with Crippen molar-refractivity contribution in [3.05, 3.63) is 24.2 Å². The topological polar surface area (TPSA) is 67.5 Å². The highest BCUT2D eigenvalue weighted by Crippen LogP contribution is 1.96. The average molecular weight is 151 g/mol. The Balaban J connectivity index is 2.57. The number of allylic oxidation sites excluding steroid dienone is 1. The maximum absolute atomic E-state index is 10.5. The van der Waals surface area contributed by atoms with Crippen LogP contribution >= 0.6 is 0 Å². The molecule has 0 radical (unpaired) electrons. The summed E-state index contributed by atoms with van der Waals surface area (Å²) in [5.74, 6) is -0.354. The fourth-order valence-electron chi connectivity index (χ4n) is 0.716. The number of rotatable bonds is 2. The molecule has 0 aromatic carbocycles. The first-order valence-electron chi connectivity index (χ1n) is 3.21. The Morgan fingerprint density at radius 2 is 2.55 bits per heavy atom. The summed E-state index contributed by atoms with van der Waals surface area (Å²) in [6.07, 6.45) is 6.79. The Morgan fingerprint density at radius 3 is 3.27 bits per heavy atom. The zero-order valence-corrected chi connectivity index (χ0v) is 5.95. The summed E-state index contributed by atoms with van der Waals surface area (Å²) in [6.45, 7) is 0. The quantitative estimate of drug-likeness (QED) is 0.578. The number of primary amides is 1. The maximum Gasteiger partial charge on any atom is 0.223 e. The van der Waals surface area contributed by atoms with Gasteiger partial charge in [0.2, 0.25) is 5.91 Å². The van der Waals surface area contributed by atoms with Crippen molar-refractivity contribution in [1.82, 2.24) is 5.32 Å². The minimum atomic E-state index is -0.354. The molecule has 0 saturated heterocycles. The first kappa shape index (κ1) is 7.53. The average Bonchev–Trinajstić information content (AvgIpc) is 2.14. The van der Waals surface area contributed by atoms with Gasteiger partial charge in [-0.1, -0.05) is 0 Å². The van der Waals surface area contributed by atoms with Gasteiger partial charge in [0, 0.05) is 24.3 Å². The van der Waals surface area contributed by atoms with Crippen molar-refractivity contribution in [2.45, 2.75) is 6.42 Å². The summed E-state index contributed by atoms with van der Waals surface area (Å²) in [4.78, 5) is 14.3. The normalized spacial score (nSPS) is 15.1. The number of amides is 1. The van der Waals surface area contributed by atoms with Crippen LogP contribution in [0.15, 0.2) is 29.2 Å². The van der Waals surface area contributed by atoms with E-state index in [1.54, 1.807) is 24.7 Å². The van der Waals surface area contributed by atoms with Gasteiger partial charge in [-0.05, 0) is 6.08 Å². The van der Waals surface area contributed by atoms with Gasteiger partial charge in [0.25, 0.3) is 0 Å². The molecule has 1 aliphatic heterocycles. The lowest BCUT2D eigenvalue weighted by atomic mass is 10.3. The van der Waals surface area contributed by atoms with Gasteiger partial charge in [0.15, 0.2) is 0 Å². The highest BCUT2D eigenvalue weighted by atomic mass is 16.1. The second-order valence-corrected chi connectivity index (χ2v) is 2.09. The summed E-state index contributed by atoms with van der Waals surface area (Å²) in [5, 5.41) is 2.87. The minimum Gasteiger partial charge on any atom is -0.369 e. The van der Waals surface area contributed by atoms with E-state index in [0.717, 1.165) is 5.70 Å². The third kappa shape index (κ3) is 2.66. The molecule has 3 N–H and O–H groups in total. The molecule has 1 aliphatic rings. The number of hydrogen-bond acceptors (Lipinski definition) is 3. The Morgan fingerprint density at radius 1 is 1.73 bits per heavy atom. The summed E-state index contributed by atoms with van der Waals surface area (Å²) in [7, 11) is 0. The van der Waals surface area contributed by atoms with Crippen LogP contribution in [-0.4, -0.2) is 12.1 Å². The minimum absolute atomic E-state index is 0.219. The number of nitrogens with zero attached hydrogens (tertiary/aromatic N) is 1. The molecule has 0 saturated carbocycles. The highest BCUT2D eigenvalue weighted by Gasteiger charge is 1.99. The molecule has 0 aromatic heterocycles. The van der Waals surface area contributed by atoms with E-state index in [1.807, 2.05) is 0 Å². The third-order valence-electron chi connectivity index (χ3n) is 1.16. The fourth-order valence-corrected chi connectivity index (χ4v) is 0.716. The van der Waals surface area contributed by atoms with Crippen molar-refractivity contribution in [2.75, 3.05) is 0 Å². The van der Waals surface area contributed by atoms with Crippen LogP contribution in [0, 0.1) is 0 Å². The lowest BCUT2D eigenvalue weighted by molar-refractivity contribution is -0.117. The summed E-state index contributed by atoms with van der Waals surface area (Å²) < 4.78 is 0. The summed E-state index contributed by atoms with van der Waals surface area (Å²) >= 11 is 0. The SMILES string of the molecule is NC(=O)CC1=CC=NC=CN1. The van der Waals surface area contributed by atoms with Gasteiger partial charge >= 0.3 is 0 Å². The van der Waals surface area contributed by atoms with Crippen molar-refractivity contribution >= 4 is 12.1 Å². The number of nitrogens with two attached hydrogens (primary N) is 1. The molecular weight excluding hydrogens is 142 g/mol. The zero-order valence-electron chi connectivity index (χ0n) is 5.95. The maximum atomic E-state index is 10.5. The monoisotopic (exact) mass is 151 g/mol. The first-order chi connectivity index (χ1) is 5.29. The van der Waals surface area contributed by atoms with Crippen LogP contribution in [0.2, 0.25) is 0 Å². The van der Waals surface area contributed by atoms with Gasteiger partial charge in [-0.2, -0.15) is 0 Å². The molecule has 11 heavy (non-hydrogen) atoms. The standard InChI is InChI=1S/C7H9N3O/c8-7(11)5-6-1-2-9-3-4-10-6/h1-4,10H,5H2,(H2,8,11). The molecule has 1 rings (SSSR count). The van der Waals surface area contributed by atoms with E-state index < -0.39 is 0 Å². The number of hydrogen-bond donors (Lipinski definition) is 2. The molecule has 0 spiro atoms. The van der Waals surface area contributed by atoms with Crippen LogP contribution in [0.5, 0.6) is 0 Å². The van der Waals surface area contributed by atoms with Crippen molar-refractivity contribution in [3.63, 3.8) is 0 Å². The number of aliphatic imine (C=N–C) groups is 1. The van der Waals surface area contributed by atoms with Gasteiger partial charge in [-0.25, -0.2) is 0 Å². The second kappa shape index (κ2) is 3.55. The zero-order chi connectivity index (χ0) is 8.10. The number of nitrogens with one attached hydrogen (secondary N) is 1. The van der Waals surface area contributed by atoms with Gasteiger partial charge in [-0.15, -0.1) is 0 Å². The molecule has 1 amide bonds. The van der Waals surface area contributed by atoms with Crippen LogP contribution in [0.3, 0.4) is 0 Å². The van der Waals surface area contributed by atoms with E-state index in [2.05, 4.69) is 10.3 Å². The molecule has 58 valence electrons. The van der Waals surface area contributed by atoms with Crippen molar-refractivity contribution in [3.8, 4) is 0 Å². The molecule has 0 bridgehead atoms. The van der Waals surface area contributed by atoms with Crippen LogP contribution in [-0.2, 0) is 4.79 Å². The first-order valence-corrected chi connectivity index (χ1v) is 3.21. The van der Waals surface area contributed by atoms with Crippen LogP contribution < -0.4 is 11.1 Å². The predicted octanol–water partition coefficient (Wildman–Crippen LogP) is -0.109. The lowest BCUT2D eigenvalue weighted by Crippen LogP contribution is -2.16. The largest absolute Gasteiger partial charge is 0.369 e. The Labute approximate surface area is 64.5 Å². The van der Waals surface area contributed by atoms with E-state index in [1.165, 1.54) is 0 Å². The summed E-state index contributed by atoms with van der Waals surface area (Å²) in [5.41, 5.74) is 5.75. The van der Waals surface area contributed by atoms with Gasteiger partial charge in [0.1, 0.15) is 0 Å². The molecule has 4 nitrogen and oxygen atoms in total. The third-order valence-corrected chi connectivity index (χ3v) is 1.16. The molecule has 0 unspecified atom stereocenters. The molecule has 0 fully saturated rings. The molecule has 0 aromatic rings. The Bertz CT molecular complexity index is 240. The van der Waals surface area contributed by atoms with Crippen molar-refractivity contribution in [2.24, 2.45) is 10.7 Å². The number of carbonyl (C=O) groups excluding carboxylic acids is 1. The van der Waals surface area contributed by atoms with Crippen molar-refractivity contribution < 1.29 is 4.79 Å².